The van der Waals surface area contributed by atoms with E-state index in [1.165, 1.54) is 11.3 Å². The van der Waals surface area contributed by atoms with E-state index in [4.69, 9.17) is 0 Å². The summed E-state index contributed by atoms with van der Waals surface area (Å²) >= 11 is 1.42. The third-order valence-electron chi connectivity index (χ3n) is 2.11. The van der Waals surface area contributed by atoms with Gasteiger partial charge in [-0.1, -0.05) is 5.16 Å². The molecule has 0 saturated heterocycles. The average molecular weight is 246 g/mol. The second-order valence-electron chi connectivity index (χ2n) is 3.21. The second-order valence-corrected chi connectivity index (χ2v) is 4.24. The first-order chi connectivity index (χ1) is 8.33. The Kier molecular flexibility index (Phi) is 2.30. The molecule has 0 unspecified atom stereocenters. The molecule has 0 aliphatic rings. The Morgan fingerprint density at radius 3 is 2.82 bits per heavy atom. The van der Waals surface area contributed by atoms with Crippen LogP contribution < -0.4 is 5.76 Å². The van der Waals surface area contributed by atoms with E-state index < -0.39 is 5.76 Å². The molecule has 3 aromatic rings. The molecule has 3 rings (SSSR count). The van der Waals surface area contributed by atoms with Crippen LogP contribution in [0.3, 0.4) is 0 Å². The first-order valence-electron chi connectivity index (χ1n) is 4.75. The maximum absolute atomic E-state index is 10.8. The summed E-state index contributed by atoms with van der Waals surface area (Å²) in [5.41, 5.74) is 0.974. The van der Waals surface area contributed by atoms with Gasteiger partial charge >= 0.3 is 5.76 Å². The monoisotopic (exact) mass is 246 g/mol. The smallest absolute Gasteiger partial charge is 0.296 e. The molecule has 6 nitrogen and oxygen atoms in total. The molecule has 0 aliphatic carbocycles. The van der Waals surface area contributed by atoms with Gasteiger partial charge in [-0.25, -0.2) is 9.78 Å². The van der Waals surface area contributed by atoms with Crippen LogP contribution in [0, 0.1) is 0 Å². The minimum Gasteiger partial charge on any atom is -0.296 e. The van der Waals surface area contributed by atoms with Gasteiger partial charge in [-0.3, -0.25) is 14.5 Å². The third kappa shape index (κ3) is 1.87. The summed E-state index contributed by atoms with van der Waals surface area (Å²) in [4.78, 5) is 22.3. The number of nitrogens with zero attached hydrogens (tertiary/aromatic N) is 3. The Morgan fingerprint density at radius 2 is 2.12 bits per heavy atom. The molecule has 0 amide bonds. The topological polar surface area (TPSA) is 84.7 Å². The van der Waals surface area contributed by atoms with Crippen LogP contribution in [0.25, 0.3) is 21.3 Å². The van der Waals surface area contributed by atoms with Crippen LogP contribution in [0.2, 0.25) is 0 Å². The fourth-order valence-electron chi connectivity index (χ4n) is 1.35. The van der Waals surface area contributed by atoms with E-state index in [2.05, 4.69) is 24.6 Å². The summed E-state index contributed by atoms with van der Waals surface area (Å²) < 4.78 is 4.44. The molecule has 0 radical (unpaired) electrons. The van der Waals surface area contributed by atoms with Crippen molar-refractivity contribution in [3.05, 3.63) is 41.3 Å². The second kappa shape index (κ2) is 3.95. The Morgan fingerprint density at radius 1 is 1.29 bits per heavy atom. The lowest BCUT2D eigenvalue weighted by molar-refractivity contribution is 0.388. The Hall–Kier alpha value is -2.28. The molecule has 0 atom stereocenters. The summed E-state index contributed by atoms with van der Waals surface area (Å²) in [5.74, 6) is -0.174. The van der Waals surface area contributed by atoms with E-state index in [0.29, 0.717) is 5.82 Å². The highest BCUT2D eigenvalue weighted by Crippen LogP contribution is 2.29. The predicted molar refractivity (Wildman–Crippen MR) is 61.5 cm³/mol. The van der Waals surface area contributed by atoms with Crippen molar-refractivity contribution >= 4 is 11.3 Å². The number of hydrogen-bond acceptors (Lipinski definition) is 6. The standard InChI is InChI=1S/C10H6N4O2S/c15-10-13-8(14-16-10)7-5-12-9(17-7)6-1-3-11-4-2-6/h1-5H,(H,13,14,15). The fourth-order valence-corrected chi connectivity index (χ4v) is 2.21. The Bertz CT molecular complexity index is 685. The largest absolute Gasteiger partial charge is 0.439 e. The molecule has 84 valence electrons. The number of hydrogen-bond donors (Lipinski definition) is 1. The van der Waals surface area contributed by atoms with Crippen molar-refractivity contribution in [2.45, 2.75) is 0 Å². The summed E-state index contributed by atoms with van der Waals surface area (Å²) in [5, 5.41) is 4.45. The van der Waals surface area contributed by atoms with E-state index >= 15 is 0 Å². The summed E-state index contributed by atoms with van der Waals surface area (Å²) in [6, 6.07) is 3.74. The number of aromatic amines is 1. The van der Waals surface area contributed by atoms with Crippen LogP contribution in [-0.4, -0.2) is 20.1 Å². The van der Waals surface area contributed by atoms with Crippen LogP contribution in [0.15, 0.2) is 40.0 Å². The van der Waals surface area contributed by atoms with E-state index in [9.17, 15) is 4.79 Å². The molecule has 0 bridgehead atoms. The molecule has 3 heterocycles. The lowest BCUT2D eigenvalue weighted by Crippen LogP contribution is -1.94. The van der Waals surface area contributed by atoms with Crippen molar-refractivity contribution in [1.82, 2.24) is 20.1 Å². The highest BCUT2D eigenvalue weighted by Gasteiger charge is 2.10. The minimum atomic E-state index is -0.570. The maximum Gasteiger partial charge on any atom is 0.439 e. The van der Waals surface area contributed by atoms with Gasteiger partial charge in [0.2, 0.25) is 0 Å². The highest BCUT2D eigenvalue weighted by atomic mass is 32.1. The molecule has 7 heteroatoms. The van der Waals surface area contributed by atoms with E-state index in [0.717, 1.165) is 15.4 Å². The van der Waals surface area contributed by atoms with Crippen molar-refractivity contribution in [3.63, 3.8) is 0 Å². The quantitative estimate of drug-likeness (QED) is 0.741. The lowest BCUT2D eigenvalue weighted by atomic mass is 10.3. The van der Waals surface area contributed by atoms with Crippen LogP contribution in [0.1, 0.15) is 0 Å². The molecule has 0 saturated carbocycles. The summed E-state index contributed by atoms with van der Waals surface area (Å²) in [7, 11) is 0. The van der Waals surface area contributed by atoms with Gasteiger partial charge in [-0.15, -0.1) is 11.3 Å². The average Bonchev–Trinajstić information content (AvgIpc) is 2.98. The van der Waals surface area contributed by atoms with Crippen molar-refractivity contribution < 1.29 is 4.52 Å². The lowest BCUT2D eigenvalue weighted by Gasteiger charge is -1.92. The van der Waals surface area contributed by atoms with Gasteiger partial charge in [0, 0.05) is 24.2 Å². The van der Waals surface area contributed by atoms with Gasteiger partial charge in [0.05, 0.1) is 4.88 Å². The normalized spacial score (nSPS) is 10.6. The van der Waals surface area contributed by atoms with Gasteiger partial charge in [-0.05, 0) is 12.1 Å². The van der Waals surface area contributed by atoms with Crippen LogP contribution in [0.4, 0.5) is 0 Å². The zero-order valence-electron chi connectivity index (χ0n) is 8.45. The van der Waals surface area contributed by atoms with Crippen LogP contribution >= 0.6 is 11.3 Å². The van der Waals surface area contributed by atoms with Gasteiger partial charge in [-0.2, -0.15) is 0 Å². The molecule has 0 aliphatic heterocycles. The first-order valence-corrected chi connectivity index (χ1v) is 5.57. The number of rotatable bonds is 2. The molecule has 0 spiro atoms. The predicted octanol–water partition coefficient (Wildman–Crippen LogP) is 1.55. The SMILES string of the molecule is O=c1[nH]c(-c2cnc(-c3ccncc3)s2)no1. The number of thiazole rings is 1. The molecular formula is C10H6N4O2S. The van der Waals surface area contributed by atoms with Crippen molar-refractivity contribution in [2.24, 2.45) is 0 Å². The van der Waals surface area contributed by atoms with Gasteiger partial charge in [0.1, 0.15) is 5.01 Å². The molecule has 0 fully saturated rings. The van der Waals surface area contributed by atoms with Gasteiger partial charge in [0.15, 0.2) is 5.82 Å². The van der Waals surface area contributed by atoms with Crippen molar-refractivity contribution in [3.8, 4) is 21.3 Å². The zero-order valence-corrected chi connectivity index (χ0v) is 9.27. The van der Waals surface area contributed by atoms with Crippen LogP contribution in [0.5, 0.6) is 0 Å². The molecule has 17 heavy (non-hydrogen) atoms. The third-order valence-corrected chi connectivity index (χ3v) is 3.16. The molecule has 1 N–H and O–H groups in total. The summed E-state index contributed by atoms with van der Waals surface area (Å²) in [6.45, 7) is 0. The van der Waals surface area contributed by atoms with E-state index in [-0.39, 0.29) is 0 Å². The number of H-pyrrole nitrogens is 1. The van der Waals surface area contributed by atoms with Crippen molar-refractivity contribution in [1.29, 1.82) is 0 Å². The number of nitrogens with one attached hydrogen (secondary N) is 1. The number of pyridine rings is 1. The van der Waals surface area contributed by atoms with E-state index in [1.807, 2.05) is 12.1 Å². The van der Waals surface area contributed by atoms with E-state index in [1.54, 1.807) is 18.6 Å². The molecule has 0 aromatic carbocycles. The zero-order chi connectivity index (χ0) is 11.7. The minimum absolute atomic E-state index is 0.396. The van der Waals surface area contributed by atoms with Crippen molar-refractivity contribution in [2.75, 3.05) is 0 Å². The molecule has 3 aromatic heterocycles. The Balaban J connectivity index is 2.01. The fraction of sp³-hybridized carbons (Fsp3) is 0. The number of aromatic nitrogens is 4. The summed E-state index contributed by atoms with van der Waals surface area (Å²) in [6.07, 6.45) is 5.05. The Labute approximate surface area is 99.0 Å². The van der Waals surface area contributed by atoms with Gasteiger partial charge < -0.3 is 0 Å². The molecular weight excluding hydrogens is 240 g/mol. The van der Waals surface area contributed by atoms with Gasteiger partial charge in [0.25, 0.3) is 0 Å². The maximum atomic E-state index is 10.8. The first kappa shape index (κ1) is 9.91. The van der Waals surface area contributed by atoms with Crippen LogP contribution in [-0.2, 0) is 0 Å². The highest BCUT2D eigenvalue weighted by molar-refractivity contribution is 7.18.